The molecule has 0 heterocycles. The van der Waals surface area contributed by atoms with Gasteiger partial charge in [-0.3, -0.25) is 18.7 Å². The Balaban J connectivity index is 4.41. The molecule has 51 heavy (non-hydrogen) atoms. The molecule has 0 spiro atoms. The second-order valence-corrected chi connectivity index (χ2v) is 11.2. The number of carbonyl (C=O) groups is 5. The smallest absolute Gasteiger partial charge is 0.463 e. The van der Waals surface area contributed by atoms with Crippen LogP contribution in [-0.4, -0.2) is 186 Å². The Morgan fingerprint density at radius 2 is 1.00 bits per heavy atom. The van der Waals surface area contributed by atoms with Crippen molar-refractivity contribution in [1.29, 1.82) is 0 Å². The maximum atomic E-state index is 12.3. The summed E-state index contributed by atoms with van der Waals surface area (Å²) in [6, 6.07) is 0. The quantitative estimate of drug-likeness (QED) is 0.0255. The van der Waals surface area contributed by atoms with Crippen LogP contribution in [0.3, 0.4) is 0 Å². The summed E-state index contributed by atoms with van der Waals surface area (Å²) in [5.74, 6) is -1.51. The number of carbonyl (C=O) groups excluding carboxylic acids is 5. The lowest BCUT2D eigenvalue weighted by atomic mass is 10.3. The molecule has 298 valence electrons. The minimum absolute atomic E-state index is 0.0129. The van der Waals surface area contributed by atoms with Gasteiger partial charge in [0.25, 0.3) is 0 Å². The van der Waals surface area contributed by atoms with E-state index in [9.17, 15) is 28.5 Å². The van der Waals surface area contributed by atoms with E-state index < -0.39 is 31.9 Å². The lowest BCUT2D eigenvalue weighted by molar-refractivity contribution is -0.150. The van der Waals surface area contributed by atoms with Crippen molar-refractivity contribution in [3.05, 3.63) is 0 Å². The Bertz CT molecular complexity index is 961. The molecule has 0 aliphatic heterocycles. The first-order valence-electron chi connectivity index (χ1n) is 15.9. The SMILES string of the molecule is COC(=O)NCCOCCOCC(=O)OCCN(CCOC(=O)COCCOCCNC(=O)OC)CCC(=O)NCCOCCOP(=O)(O)OC. The first-order valence-corrected chi connectivity index (χ1v) is 17.4. The maximum absolute atomic E-state index is 12.3. The Morgan fingerprint density at radius 1 is 0.569 bits per heavy atom. The average Bonchev–Trinajstić information content (AvgIpc) is 3.11. The first kappa shape index (κ1) is 47.8. The van der Waals surface area contributed by atoms with E-state index in [1.165, 1.54) is 14.2 Å². The molecule has 23 heteroatoms. The molecule has 0 rings (SSSR count). The van der Waals surface area contributed by atoms with Gasteiger partial charge in [0, 0.05) is 52.8 Å². The number of phosphoric ester groups is 1. The average molecular weight is 765 g/mol. The van der Waals surface area contributed by atoms with Crippen molar-refractivity contribution in [1.82, 2.24) is 20.9 Å². The van der Waals surface area contributed by atoms with Crippen molar-refractivity contribution in [2.45, 2.75) is 6.42 Å². The number of nitrogens with one attached hydrogen (secondary N) is 3. The number of methoxy groups -OCH3 is 2. The molecule has 0 fully saturated rings. The van der Waals surface area contributed by atoms with E-state index in [4.69, 9.17) is 38.1 Å². The number of esters is 2. The van der Waals surface area contributed by atoms with Crippen molar-refractivity contribution < 1.29 is 85.1 Å². The Kier molecular flexibility index (Phi) is 30.7. The lowest BCUT2D eigenvalue weighted by Gasteiger charge is -2.22. The van der Waals surface area contributed by atoms with Crippen molar-refractivity contribution in [3.63, 3.8) is 0 Å². The number of nitrogens with zero attached hydrogens (tertiary/aromatic N) is 1. The van der Waals surface area contributed by atoms with Gasteiger partial charge in [-0.2, -0.15) is 0 Å². The van der Waals surface area contributed by atoms with Crippen molar-refractivity contribution in [2.24, 2.45) is 0 Å². The molecule has 0 aromatic heterocycles. The summed E-state index contributed by atoms with van der Waals surface area (Å²) in [7, 11) is -0.535. The zero-order valence-electron chi connectivity index (χ0n) is 29.4. The fraction of sp³-hybridized carbons (Fsp3) is 0.821. The largest absolute Gasteiger partial charge is 0.471 e. The minimum atomic E-state index is -4.08. The molecule has 0 aliphatic rings. The number of alkyl carbamates (subject to hydrolysis) is 2. The molecule has 0 aromatic carbocycles. The summed E-state index contributed by atoms with van der Waals surface area (Å²) in [4.78, 5) is 69.3. The standard InChI is InChI=1S/C28H53N4O18P/c1-40-27(36)30-6-12-43-16-18-46-22-25(34)48-14-9-32(8-4-24(33)29-5-11-45-20-21-50-51(38,39)42-3)10-15-49-26(35)23-47-19-17-44-13-7-31-28(37)41-2/h4-23H2,1-3H3,(H,29,33)(H,30,36)(H,31,37)(H,38,39). The lowest BCUT2D eigenvalue weighted by Crippen LogP contribution is -2.36. The number of ether oxygens (including phenoxy) is 9. The summed E-state index contributed by atoms with van der Waals surface area (Å²) in [5.41, 5.74) is 0. The molecule has 0 saturated carbocycles. The van der Waals surface area contributed by atoms with Crippen LogP contribution in [0.15, 0.2) is 0 Å². The number of amides is 3. The summed E-state index contributed by atoms with van der Waals surface area (Å²) < 4.78 is 65.6. The highest BCUT2D eigenvalue weighted by atomic mass is 31.2. The van der Waals surface area contributed by atoms with E-state index in [0.29, 0.717) is 0 Å². The van der Waals surface area contributed by atoms with E-state index in [0.717, 1.165) is 7.11 Å². The monoisotopic (exact) mass is 764 g/mol. The molecule has 1 atom stereocenters. The molecule has 0 bridgehead atoms. The highest BCUT2D eigenvalue weighted by Crippen LogP contribution is 2.41. The third kappa shape index (κ3) is 32.5. The van der Waals surface area contributed by atoms with Gasteiger partial charge < -0.3 is 63.5 Å². The van der Waals surface area contributed by atoms with Crippen molar-refractivity contribution in [3.8, 4) is 0 Å². The molecule has 1 unspecified atom stereocenters. The molecular formula is C28H53N4O18P. The Morgan fingerprint density at radius 3 is 1.45 bits per heavy atom. The van der Waals surface area contributed by atoms with Gasteiger partial charge in [-0.1, -0.05) is 0 Å². The normalized spacial score (nSPS) is 12.1. The Labute approximate surface area is 296 Å². The van der Waals surface area contributed by atoms with Gasteiger partial charge in [0.2, 0.25) is 5.91 Å². The minimum Gasteiger partial charge on any atom is -0.463 e. The summed E-state index contributed by atoms with van der Waals surface area (Å²) in [6.45, 7) is 1.84. The van der Waals surface area contributed by atoms with Crippen LogP contribution in [0.25, 0.3) is 0 Å². The van der Waals surface area contributed by atoms with Crippen LogP contribution < -0.4 is 16.0 Å². The van der Waals surface area contributed by atoms with Gasteiger partial charge >= 0.3 is 31.9 Å². The highest BCUT2D eigenvalue weighted by Gasteiger charge is 2.17. The second kappa shape index (κ2) is 32.7. The third-order valence-electron chi connectivity index (χ3n) is 5.86. The summed E-state index contributed by atoms with van der Waals surface area (Å²) in [6.07, 6.45) is -1.06. The zero-order valence-corrected chi connectivity index (χ0v) is 30.3. The van der Waals surface area contributed by atoms with Crippen LogP contribution in [0.2, 0.25) is 0 Å². The van der Waals surface area contributed by atoms with Crippen LogP contribution in [0.1, 0.15) is 6.42 Å². The van der Waals surface area contributed by atoms with Crippen LogP contribution in [0.4, 0.5) is 9.59 Å². The Hall–Kier alpha value is -3.18. The van der Waals surface area contributed by atoms with Crippen LogP contribution in [0.5, 0.6) is 0 Å². The molecule has 22 nitrogen and oxygen atoms in total. The molecule has 0 radical (unpaired) electrons. The van der Waals surface area contributed by atoms with Gasteiger partial charge in [-0.25, -0.2) is 23.7 Å². The van der Waals surface area contributed by atoms with E-state index in [2.05, 4.69) is 34.5 Å². The topological polar surface area (TPSA) is 264 Å². The van der Waals surface area contributed by atoms with Crippen molar-refractivity contribution in [2.75, 3.05) is 146 Å². The molecule has 4 N–H and O–H groups in total. The van der Waals surface area contributed by atoms with Gasteiger partial charge in [-0.05, 0) is 0 Å². The fourth-order valence-electron chi connectivity index (χ4n) is 3.32. The number of hydrogen-bond donors (Lipinski definition) is 4. The highest BCUT2D eigenvalue weighted by molar-refractivity contribution is 7.47. The first-order chi connectivity index (χ1) is 24.5. The van der Waals surface area contributed by atoms with Crippen LogP contribution in [-0.2, 0) is 70.6 Å². The third-order valence-corrected chi connectivity index (χ3v) is 6.83. The summed E-state index contributed by atoms with van der Waals surface area (Å²) >= 11 is 0. The van der Waals surface area contributed by atoms with Gasteiger partial charge in [-0.15, -0.1) is 0 Å². The zero-order chi connectivity index (χ0) is 38.0. The number of phosphoric acid groups is 1. The predicted molar refractivity (Wildman–Crippen MR) is 174 cm³/mol. The number of hydrogen-bond acceptors (Lipinski definition) is 18. The van der Waals surface area contributed by atoms with E-state index in [1.54, 1.807) is 4.90 Å². The van der Waals surface area contributed by atoms with Crippen molar-refractivity contribution >= 4 is 37.9 Å². The maximum Gasteiger partial charge on any atom is 0.471 e. The molecular weight excluding hydrogens is 711 g/mol. The van der Waals surface area contributed by atoms with Crippen LogP contribution >= 0.6 is 7.82 Å². The summed E-state index contributed by atoms with van der Waals surface area (Å²) in [5, 5.41) is 7.58. The van der Waals surface area contributed by atoms with Gasteiger partial charge in [0.1, 0.15) is 26.4 Å². The van der Waals surface area contributed by atoms with E-state index >= 15 is 0 Å². The molecule has 3 amide bonds. The van der Waals surface area contributed by atoms with E-state index in [-0.39, 0.29) is 137 Å². The van der Waals surface area contributed by atoms with Gasteiger partial charge in [0.05, 0.1) is 73.7 Å². The molecule has 0 saturated heterocycles. The van der Waals surface area contributed by atoms with E-state index in [1.807, 2.05) is 0 Å². The molecule has 0 aromatic rings. The fourth-order valence-corrected chi connectivity index (χ4v) is 3.73. The van der Waals surface area contributed by atoms with Crippen LogP contribution in [0, 0.1) is 0 Å². The molecule has 0 aliphatic carbocycles. The number of rotatable bonds is 33. The second-order valence-electron chi connectivity index (χ2n) is 9.65. The predicted octanol–water partition coefficient (Wildman–Crippen LogP) is -1.56. The van der Waals surface area contributed by atoms with Gasteiger partial charge in [0.15, 0.2) is 0 Å².